The van der Waals surface area contributed by atoms with Crippen molar-refractivity contribution in [2.24, 2.45) is 0 Å². The summed E-state index contributed by atoms with van der Waals surface area (Å²) in [6, 6.07) is 4.86. The molecule has 3 rings (SSSR count). The molecule has 0 spiro atoms. The molecule has 0 radical (unpaired) electrons. The van der Waals surface area contributed by atoms with Crippen LogP contribution in [0.1, 0.15) is 42.2 Å². The first-order valence-electron chi connectivity index (χ1n) is 9.77. The summed E-state index contributed by atoms with van der Waals surface area (Å²) < 4.78 is 5.92. The number of nitrogens with zero attached hydrogens (tertiary/aromatic N) is 1. The van der Waals surface area contributed by atoms with Crippen LogP contribution in [0.3, 0.4) is 0 Å². The number of aryl methyl sites for hydroxylation is 1. The Labute approximate surface area is 174 Å². The largest absolute Gasteiger partial charge is 0.511 e. The van der Waals surface area contributed by atoms with E-state index in [4.69, 9.17) is 10.5 Å². The second-order valence-corrected chi connectivity index (χ2v) is 7.13. The number of anilines is 1. The first-order valence-corrected chi connectivity index (χ1v) is 9.77. The highest BCUT2D eigenvalue weighted by Gasteiger charge is 2.21. The molecule has 0 bridgehead atoms. The van der Waals surface area contributed by atoms with Crippen LogP contribution in [-0.4, -0.2) is 39.7 Å². The van der Waals surface area contributed by atoms with E-state index in [1.165, 1.54) is 0 Å². The number of ether oxygens (including phenoxy) is 1. The van der Waals surface area contributed by atoms with Crippen LogP contribution >= 0.6 is 0 Å². The number of pyridine rings is 1. The number of benzene rings is 1. The highest BCUT2D eigenvalue weighted by molar-refractivity contribution is 6.06. The molecule has 1 heterocycles. The molecule has 30 heavy (non-hydrogen) atoms. The van der Waals surface area contributed by atoms with Gasteiger partial charge in [0.15, 0.2) is 0 Å². The van der Waals surface area contributed by atoms with Gasteiger partial charge in [-0.05, 0) is 31.9 Å². The number of hydrogen-bond donors (Lipinski definition) is 4. The number of aromatic nitrogens is 1. The number of aliphatic hydroxyl groups excluding tert-OH is 1. The molecule has 0 saturated heterocycles. The number of allylic oxidation sites excluding steroid dienone is 2. The fraction of sp³-hybridized carbons (Fsp3) is 0.318. The van der Waals surface area contributed by atoms with Crippen molar-refractivity contribution in [1.29, 1.82) is 0 Å². The summed E-state index contributed by atoms with van der Waals surface area (Å²) >= 11 is 0. The summed E-state index contributed by atoms with van der Waals surface area (Å²) in [6.45, 7) is 3.65. The van der Waals surface area contributed by atoms with Gasteiger partial charge < -0.3 is 26.0 Å². The third-order valence-electron chi connectivity index (χ3n) is 5.06. The number of rotatable bonds is 7. The molecule has 0 aliphatic heterocycles. The molecule has 1 unspecified atom stereocenters. The topological polar surface area (TPSA) is 135 Å². The number of amides is 1. The van der Waals surface area contributed by atoms with E-state index in [0.717, 1.165) is 0 Å². The molecule has 8 nitrogen and oxygen atoms in total. The normalized spacial score (nSPS) is 14.6. The van der Waals surface area contributed by atoms with Crippen molar-refractivity contribution in [3.63, 3.8) is 0 Å². The number of aromatic carboxylic acids is 1. The number of aliphatic hydroxyl groups is 1. The smallest absolute Gasteiger partial charge is 0.339 e. The molecule has 1 amide bonds. The summed E-state index contributed by atoms with van der Waals surface area (Å²) in [6.07, 6.45) is 5.22. The number of fused-ring (bicyclic) bond motifs is 1. The second kappa shape index (κ2) is 8.86. The van der Waals surface area contributed by atoms with Crippen LogP contribution in [0.4, 0.5) is 5.69 Å². The van der Waals surface area contributed by atoms with E-state index in [1.54, 1.807) is 31.2 Å². The van der Waals surface area contributed by atoms with Crippen LogP contribution < -0.4 is 15.8 Å². The highest BCUT2D eigenvalue weighted by atomic mass is 16.5. The zero-order chi connectivity index (χ0) is 21.8. The molecule has 1 atom stereocenters. The third kappa shape index (κ3) is 4.22. The predicted octanol–water partition coefficient (Wildman–Crippen LogP) is 3.26. The second-order valence-electron chi connectivity index (χ2n) is 7.13. The maximum atomic E-state index is 12.5. The van der Waals surface area contributed by atoms with Gasteiger partial charge in [-0.3, -0.25) is 9.78 Å². The molecule has 1 aliphatic rings. The lowest BCUT2D eigenvalue weighted by atomic mass is 10.0. The van der Waals surface area contributed by atoms with Crippen LogP contribution in [0.15, 0.2) is 41.7 Å². The number of carbonyl (C=O) groups is 2. The van der Waals surface area contributed by atoms with Crippen molar-refractivity contribution >= 4 is 28.5 Å². The van der Waals surface area contributed by atoms with E-state index in [0.29, 0.717) is 41.6 Å². The van der Waals surface area contributed by atoms with Crippen LogP contribution in [-0.2, 0) is 4.79 Å². The molecule has 1 aliphatic carbocycles. The Hall–Kier alpha value is -3.55. The SMILES string of the molecule is CCC(COc1cccc2nc(C)c(C(=O)O)c(N)c12)NC(=O)C1=C(O)CCC=C1. The van der Waals surface area contributed by atoms with Gasteiger partial charge in [0.2, 0.25) is 0 Å². The summed E-state index contributed by atoms with van der Waals surface area (Å²) in [5.74, 6) is -1.04. The molecule has 2 aromatic rings. The zero-order valence-electron chi connectivity index (χ0n) is 16.9. The van der Waals surface area contributed by atoms with E-state index in [-0.39, 0.29) is 41.1 Å². The minimum Gasteiger partial charge on any atom is -0.511 e. The van der Waals surface area contributed by atoms with E-state index in [1.807, 2.05) is 13.0 Å². The van der Waals surface area contributed by atoms with Crippen LogP contribution in [0.25, 0.3) is 10.9 Å². The Kier molecular flexibility index (Phi) is 6.25. The molecular weight excluding hydrogens is 386 g/mol. The monoisotopic (exact) mass is 411 g/mol. The maximum Gasteiger partial charge on any atom is 0.339 e. The molecule has 0 saturated carbocycles. The number of carboxylic acids is 1. The Morgan fingerprint density at radius 3 is 2.80 bits per heavy atom. The Morgan fingerprint density at radius 2 is 2.13 bits per heavy atom. The first kappa shape index (κ1) is 21.2. The van der Waals surface area contributed by atoms with Crippen molar-refractivity contribution in [1.82, 2.24) is 10.3 Å². The molecule has 158 valence electrons. The Morgan fingerprint density at radius 1 is 1.37 bits per heavy atom. The number of nitrogens with two attached hydrogens (primary N) is 1. The zero-order valence-corrected chi connectivity index (χ0v) is 16.9. The van der Waals surface area contributed by atoms with Gasteiger partial charge >= 0.3 is 5.97 Å². The third-order valence-corrected chi connectivity index (χ3v) is 5.06. The molecule has 1 aromatic carbocycles. The van der Waals surface area contributed by atoms with E-state index in [2.05, 4.69) is 10.3 Å². The minimum absolute atomic E-state index is 0.0506. The number of nitrogens with one attached hydrogen (secondary N) is 1. The summed E-state index contributed by atoms with van der Waals surface area (Å²) in [4.78, 5) is 28.4. The lowest BCUT2D eigenvalue weighted by molar-refractivity contribution is -0.118. The van der Waals surface area contributed by atoms with Gasteiger partial charge in [-0.15, -0.1) is 0 Å². The lowest BCUT2D eigenvalue weighted by Crippen LogP contribution is -2.39. The van der Waals surface area contributed by atoms with Crippen molar-refractivity contribution < 1.29 is 24.5 Å². The van der Waals surface area contributed by atoms with Gasteiger partial charge in [0.05, 0.1) is 33.9 Å². The van der Waals surface area contributed by atoms with Crippen LogP contribution in [0.2, 0.25) is 0 Å². The summed E-state index contributed by atoms with van der Waals surface area (Å²) in [7, 11) is 0. The fourth-order valence-corrected chi connectivity index (χ4v) is 3.40. The summed E-state index contributed by atoms with van der Waals surface area (Å²) in [5.41, 5.74) is 7.32. The molecule has 5 N–H and O–H groups in total. The molecule has 8 heteroatoms. The molecule has 1 aromatic heterocycles. The van der Waals surface area contributed by atoms with Gasteiger partial charge in [0.1, 0.15) is 23.7 Å². The standard InChI is InChI=1S/C22H25N3O5/c1-3-13(25-21(27)14-7-4-5-9-16(14)26)11-30-17-10-6-8-15-19(17)20(23)18(22(28)29)12(2)24-15/h4,6-8,10,13,26H,3,5,9,11H2,1-2H3,(H2,23,24)(H,25,27)(H,28,29). The highest BCUT2D eigenvalue weighted by Crippen LogP contribution is 2.33. The Bertz CT molecular complexity index is 1060. The molecular formula is C22H25N3O5. The van der Waals surface area contributed by atoms with Crippen molar-refractivity contribution in [3.8, 4) is 5.75 Å². The predicted molar refractivity (Wildman–Crippen MR) is 114 cm³/mol. The van der Waals surface area contributed by atoms with Gasteiger partial charge in [-0.2, -0.15) is 0 Å². The van der Waals surface area contributed by atoms with Crippen LogP contribution in [0.5, 0.6) is 5.75 Å². The van der Waals surface area contributed by atoms with E-state index >= 15 is 0 Å². The van der Waals surface area contributed by atoms with Gasteiger partial charge in [-0.25, -0.2) is 4.79 Å². The van der Waals surface area contributed by atoms with Crippen molar-refractivity contribution in [3.05, 3.63) is 52.9 Å². The molecule has 0 fully saturated rings. The fourth-order valence-electron chi connectivity index (χ4n) is 3.40. The van der Waals surface area contributed by atoms with Crippen molar-refractivity contribution in [2.45, 2.75) is 39.2 Å². The number of carboxylic acid groups (broad SMARTS) is 1. The minimum atomic E-state index is -1.15. The van der Waals surface area contributed by atoms with Crippen LogP contribution in [0, 0.1) is 6.92 Å². The average Bonchev–Trinajstić information content (AvgIpc) is 2.70. The van der Waals surface area contributed by atoms with E-state index < -0.39 is 5.97 Å². The van der Waals surface area contributed by atoms with Gasteiger partial charge in [0, 0.05) is 6.42 Å². The number of hydrogen-bond acceptors (Lipinski definition) is 6. The number of carbonyl (C=O) groups excluding carboxylic acids is 1. The van der Waals surface area contributed by atoms with Gasteiger partial charge in [0.25, 0.3) is 5.91 Å². The number of nitrogen functional groups attached to an aromatic ring is 1. The van der Waals surface area contributed by atoms with Gasteiger partial charge in [-0.1, -0.05) is 25.1 Å². The maximum absolute atomic E-state index is 12.5. The summed E-state index contributed by atoms with van der Waals surface area (Å²) in [5, 5.41) is 22.7. The first-order chi connectivity index (χ1) is 14.3. The Balaban J connectivity index is 1.82. The lowest BCUT2D eigenvalue weighted by Gasteiger charge is -2.20. The average molecular weight is 411 g/mol. The van der Waals surface area contributed by atoms with Crippen molar-refractivity contribution in [2.75, 3.05) is 12.3 Å². The quantitative estimate of drug-likeness (QED) is 0.549. The van der Waals surface area contributed by atoms with E-state index in [9.17, 15) is 19.8 Å².